The van der Waals surface area contributed by atoms with Crippen molar-refractivity contribution in [2.75, 3.05) is 65.8 Å². The van der Waals surface area contributed by atoms with Crippen molar-refractivity contribution in [1.29, 1.82) is 0 Å². The number of hydrogen-bond donors (Lipinski definition) is 4. The summed E-state index contributed by atoms with van der Waals surface area (Å²) in [5.74, 6) is -7.85. The van der Waals surface area contributed by atoms with Crippen molar-refractivity contribution in [2.24, 2.45) is 0 Å². The number of pyridine rings is 2. The number of carbonyl (C=O) groups excluding carboxylic acids is 3. The minimum absolute atomic E-state index is 0.00667. The highest BCUT2D eigenvalue weighted by Gasteiger charge is 2.54. The molecule has 0 bridgehead atoms. The maximum absolute atomic E-state index is 12.2. The van der Waals surface area contributed by atoms with Gasteiger partial charge >= 0.3 is 29.9 Å². The molecule has 0 atom stereocenters. The Morgan fingerprint density at radius 1 is 0.735 bits per heavy atom. The number of ketones is 2. The van der Waals surface area contributed by atoms with Crippen molar-refractivity contribution < 1.29 is 50.6 Å². The number of nitrogens with two attached hydrogens (primary N) is 2. The third kappa shape index (κ3) is 15.6. The summed E-state index contributed by atoms with van der Waals surface area (Å²) in [6.45, 7) is 3.99. The van der Waals surface area contributed by atoms with Crippen LogP contribution >= 0.6 is 0 Å². The second kappa shape index (κ2) is 19.6. The SMILES string of the molecule is CN(C)C1CCN(C(=O)c2ccc(N)cn2)CC1.CN(C)C1CCNCC1.Nc1ccc(C(=O)O)nc1.O=C(C(=O)C(F)(F)F)C(F)(F)F. The van der Waals surface area contributed by atoms with Crippen LogP contribution in [0.5, 0.6) is 0 Å². The van der Waals surface area contributed by atoms with Crippen LogP contribution in [0.3, 0.4) is 0 Å². The second-order valence-electron chi connectivity index (χ2n) is 11.3. The number of nitrogen functional groups attached to an aromatic ring is 2. The fourth-order valence-electron chi connectivity index (χ4n) is 4.39. The molecule has 2 aromatic rings. The Morgan fingerprint density at radius 3 is 1.43 bits per heavy atom. The molecule has 2 saturated heterocycles. The first-order valence-corrected chi connectivity index (χ1v) is 14.9. The van der Waals surface area contributed by atoms with Crippen LogP contribution in [0, 0.1) is 0 Å². The number of nitrogens with one attached hydrogen (secondary N) is 1. The lowest BCUT2D eigenvalue weighted by Gasteiger charge is -2.35. The van der Waals surface area contributed by atoms with Gasteiger partial charge in [0.05, 0.1) is 23.8 Å². The molecule has 4 rings (SSSR count). The number of Topliss-reactive ketones (excluding diaryl/α,β-unsaturated/α-hetero) is 2. The number of anilines is 2. The van der Waals surface area contributed by atoms with E-state index in [1.54, 1.807) is 12.1 Å². The quantitative estimate of drug-likeness (QED) is 0.263. The summed E-state index contributed by atoms with van der Waals surface area (Å²) < 4.78 is 67.0. The fraction of sp³-hybridized carbons (Fsp3) is 0.533. The first-order valence-electron chi connectivity index (χ1n) is 14.9. The Labute approximate surface area is 279 Å². The predicted molar refractivity (Wildman–Crippen MR) is 169 cm³/mol. The van der Waals surface area contributed by atoms with E-state index < -0.39 is 29.9 Å². The van der Waals surface area contributed by atoms with Gasteiger partial charge in [-0.15, -0.1) is 0 Å². The van der Waals surface area contributed by atoms with Crippen LogP contribution in [0.4, 0.5) is 37.7 Å². The molecule has 0 aromatic carbocycles. The van der Waals surface area contributed by atoms with Crippen LogP contribution in [0.15, 0.2) is 36.7 Å². The van der Waals surface area contributed by atoms with Gasteiger partial charge < -0.3 is 36.6 Å². The lowest BCUT2D eigenvalue weighted by Crippen LogP contribution is -2.44. The summed E-state index contributed by atoms with van der Waals surface area (Å²) in [4.78, 5) is 55.7. The van der Waals surface area contributed by atoms with E-state index in [2.05, 4.69) is 53.3 Å². The van der Waals surface area contributed by atoms with Crippen LogP contribution < -0.4 is 16.8 Å². The number of carboxylic acid groups (broad SMARTS) is 1. The minimum Gasteiger partial charge on any atom is -0.477 e. The normalized spacial score (nSPS) is 15.6. The molecule has 2 aliphatic heterocycles. The molecule has 19 heteroatoms. The first kappa shape index (κ1) is 42.7. The van der Waals surface area contributed by atoms with E-state index in [0.29, 0.717) is 23.1 Å². The van der Waals surface area contributed by atoms with E-state index in [4.69, 9.17) is 16.6 Å². The lowest BCUT2D eigenvalue weighted by molar-refractivity contribution is -0.193. The summed E-state index contributed by atoms with van der Waals surface area (Å²) in [6, 6.07) is 7.66. The molecule has 2 aliphatic rings. The average Bonchev–Trinajstić information content (AvgIpc) is 3.05. The number of nitrogens with zero attached hydrogens (tertiary/aromatic N) is 5. The number of carbonyl (C=O) groups is 4. The predicted octanol–water partition coefficient (Wildman–Crippen LogP) is 2.74. The van der Waals surface area contributed by atoms with Gasteiger partial charge in [-0.25, -0.2) is 14.8 Å². The molecule has 0 unspecified atom stereocenters. The summed E-state index contributed by atoms with van der Waals surface area (Å²) in [7, 11) is 8.50. The number of rotatable bonds is 5. The molecular weight excluding hydrogens is 666 g/mol. The van der Waals surface area contributed by atoms with Crippen molar-refractivity contribution in [3.05, 3.63) is 48.0 Å². The number of alkyl halides is 6. The number of halogens is 6. The van der Waals surface area contributed by atoms with E-state index in [1.165, 1.54) is 50.5 Å². The van der Waals surface area contributed by atoms with Gasteiger partial charge in [0.15, 0.2) is 0 Å². The number of aromatic nitrogens is 2. The summed E-state index contributed by atoms with van der Waals surface area (Å²) in [6.07, 6.45) is -4.04. The lowest BCUT2D eigenvalue weighted by atomic mass is 10.0. The van der Waals surface area contributed by atoms with Crippen molar-refractivity contribution in [3.63, 3.8) is 0 Å². The molecule has 0 radical (unpaired) electrons. The Morgan fingerprint density at radius 2 is 1.12 bits per heavy atom. The third-order valence-corrected chi connectivity index (χ3v) is 7.25. The van der Waals surface area contributed by atoms with Crippen LogP contribution in [-0.2, 0) is 9.59 Å². The van der Waals surface area contributed by atoms with Gasteiger partial charge in [0.2, 0.25) is 0 Å². The number of carboxylic acids is 1. The van der Waals surface area contributed by atoms with E-state index in [0.717, 1.165) is 32.0 Å². The molecule has 49 heavy (non-hydrogen) atoms. The average molecular weight is 709 g/mol. The zero-order valence-electron chi connectivity index (χ0n) is 27.5. The van der Waals surface area contributed by atoms with Gasteiger partial charge in [-0.3, -0.25) is 14.4 Å². The Kier molecular flexibility index (Phi) is 17.1. The highest BCUT2D eigenvalue weighted by atomic mass is 19.4. The number of likely N-dealkylation sites (tertiary alicyclic amines) is 1. The third-order valence-electron chi connectivity index (χ3n) is 7.25. The summed E-state index contributed by atoms with van der Waals surface area (Å²) in [5.41, 5.74) is 12.4. The van der Waals surface area contributed by atoms with Gasteiger partial charge in [-0.05, 0) is 91.2 Å². The van der Waals surface area contributed by atoms with E-state index >= 15 is 0 Å². The highest BCUT2D eigenvalue weighted by molar-refractivity contribution is 6.41. The van der Waals surface area contributed by atoms with Gasteiger partial charge in [0.25, 0.3) is 5.91 Å². The van der Waals surface area contributed by atoms with Gasteiger partial charge in [-0.1, -0.05) is 0 Å². The zero-order chi connectivity index (χ0) is 37.5. The van der Waals surface area contributed by atoms with Gasteiger partial charge in [0, 0.05) is 25.2 Å². The summed E-state index contributed by atoms with van der Waals surface area (Å²) >= 11 is 0. The second-order valence-corrected chi connectivity index (χ2v) is 11.3. The molecule has 4 heterocycles. The topological polar surface area (TPSA) is 188 Å². The first-order chi connectivity index (χ1) is 22.6. The van der Waals surface area contributed by atoms with Crippen molar-refractivity contribution in [1.82, 2.24) is 30.0 Å². The van der Waals surface area contributed by atoms with E-state index in [-0.39, 0.29) is 11.6 Å². The van der Waals surface area contributed by atoms with Crippen molar-refractivity contribution in [3.8, 4) is 0 Å². The summed E-state index contributed by atoms with van der Waals surface area (Å²) in [5, 5.41) is 11.7. The molecule has 0 saturated carbocycles. The smallest absolute Gasteiger partial charge is 0.458 e. The molecular formula is C30H42F6N8O5. The number of piperidine rings is 2. The van der Waals surface area contributed by atoms with Crippen molar-refractivity contribution in [2.45, 2.75) is 50.1 Å². The molecule has 6 N–H and O–H groups in total. The van der Waals surface area contributed by atoms with Crippen molar-refractivity contribution >= 4 is 34.8 Å². The molecule has 274 valence electrons. The minimum atomic E-state index is -5.77. The van der Waals surface area contributed by atoms with Gasteiger partial charge in [0.1, 0.15) is 11.4 Å². The molecule has 1 amide bonds. The number of aromatic carboxylic acids is 1. The molecule has 2 aromatic heterocycles. The van der Waals surface area contributed by atoms with Crippen LogP contribution in [0.1, 0.15) is 46.7 Å². The number of amides is 1. The van der Waals surface area contributed by atoms with Crippen LogP contribution in [-0.4, -0.2) is 132 Å². The number of hydrogen-bond acceptors (Lipinski definition) is 11. The Balaban J connectivity index is 0.000000341. The maximum Gasteiger partial charge on any atom is 0.458 e. The highest BCUT2D eigenvalue weighted by Crippen LogP contribution is 2.24. The Hall–Kier alpha value is -4.36. The van der Waals surface area contributed by atoms with E-state index in [9.17, 15) is 45.5 Å². The zero-order valence-corrected chi connectivity index (χ0v) is 27.5. The molecule has 0 spiro atoms. The van der Waals surface area contributed by atoms with Gasteiger partial charge in [-0.2, -0.15) is 26.3 Å². The van der Waals surface area contributed by atoms with E-state index in [1.807, 2.05) is 4.90 Å². The Bertz CT molecular complexity index is 1320. The van der Waals surface area contributed by atoms with Crippen LogP contribution in [0.2, 0.25) is 0 Å². The molecule has 13 nitrogen and oxygen atoms in total. The standard InChI is InChI=1S/C13H20N4O.C7H16N2.C6H6N2O2.C4F6O2/c1-16(2)11-5-7-17(8-6-11)13(18)12-4-3-10(14)9-15-12;1-9(2)7-3-5-8-6-4-7;7-4-1-2-5(6(9)10)8-3-4;5-3(6,7)1(11)2(12)4(8,9)10/h3-4,9,11H,5-8,14H2,1-2H3;7-8H,3-6H2,1-2H3;1-3H,7H2,(H,9,10);. The molecule has 2 fully saturated rings. The van der Waals surface area contributed by atoms with Crippen LogP contribution in [0.25, 0.3) is 0 Å². The maximum atomic E-state index is 12.2. The monoisotopic (exact) mass is 708 g/mol. The fourth-order valence-corrected chi connectivity index (χ4v) is 4.39. The largest absolute Gasteiger partial charge is 0.477 e. The molecule has 0 aliphatic carbocycles.